The second-order valence-electron chi connectivity index (χ2n) is 6.04. The van der Waals surface area contributed by atoms with E-state index < -0.39 is 0 Å². The maximum absolute atomic E-state index is 12.3. The van der Waals surface area contributed by atoms with E-state index in [1.165, 1.54) is 0 Å². The molecule has 0 radical (unpaired) electrons. The highest BCUT2D eigenvalue weighted by Crippen LogP contribution is 2.12. The third-order valence-corrected chi connectivity index (χ3v) is 4.27. The summed E-state index contributed by atoms with van der Waals surface area (Å²) >= 11 is 0. The third kappa shape index (κ3) is 4.87. The van der Waals surface area contributed by atoms with Crippen molar-refractivity contribution in [2.75, 3.05) is 7.05 Å². The van der Waals surface area contributed by atoms with Gasteiger partial charge in [-0.2, -0.15) is 5.10 Å². The molecule has 0 saturated heterocycles. The lowest BCUT2D eigenvalue weighted by Crippen LogP contribution is -2.37. The molecule has 2 rings (SSSR count). The zero-order valence-corrected chi connectivity index (χ0v) is 14.0. The second kappa shape index (κ2) is 7.85. The molecule has 0 aromatic carbocycles. The van der Waals surface area contributed by atoms with Crippen LogP contribution in [0.25, 0.3) is 0 Å². The number of carbonyl (C=O) groups excluding carboxylic acids is 2. The van der Waals surface area contributed by atoms with Gasteiger partial charge in [-0.25, -0.2) is 5.43 Å². The summed E-state index contributed by atoms with van der Waals surface area (Å²) in [6, 6.07) is 4.04. The third-order valence-electron chi connectivity index (χ3n) is 4.27. The molecule has 1 aliphatic rings. The van der Waals surface area contributed by atoms with Crippen LogP contribution in [0.5, 0.6) is 0 Å². The van der Waals surface area contributed by atoms with E-state index >= 15 is 0 Å². The number of hydrazone groups is 1. The SMILES string of the molecule is Cc1cccnc1C[C@H](C)N(C)C(=O)CCC1=NNC(=O)CC1. The molecule has 6 heteroatoms. The Labute approximate surface area is 137 Å². The zero-order chi connectivity index (χ0) is 16.8. The lowest BCUT2D eigenvalue weighted by molar-refractivity contribution is -0.131. The summed E-state index contributed by atoms with van der Waals surface area (Å²) in [6.07, 6.45) is 4.64. The van der Waals surface area contributed by atoms with Crippen LogP contribution in [0.1, 0.15) is 43.9 Å². The number of hydrogen-bond donors (Lipinski definition) is 1. The molecule has 1 aliphatic heterocycles. The molecular formula is C17H24N4O2. The van der Waals surface area contributed by atoms with Gasteiger partial charge in [0, 0.05) is 50.0 Å². The number of aryl methyl sites for hydroxylation is 1. The second-order valence-corrected chi connectivity index (χ2v) is 6.04. The van der Waals surface area contributed by atoms with Gasteiger partial charge in [-0.1, -0.05) is 6.07 Å². The zero-order valence-electron chi connectivity index (χ0n) is 14.0. The monoisotopic (exact) mass is 316 g/mol. The van der Waals surface area contributed by atoms with Crippen molar-refractivity contribution in [3.63, 3.8) is 0 Å². The van der Waals surface area contributed by atoms with Gasteiger partial charge in [0.1, 0.15) is 0 Å². The first-order chi connectivity index (χ1) is 11.0. The summed E-state index contributed by atoms with van der Waals surface area (Å²) in [6.45, 7) is 4.07. The van der Waals surface area contributed by atoms with Gasteiger partial charge in [0.15, 0.2) is 0 Å². The van der Waals surface area contributed by atoms with Gasteiger partial charge in [-0.15, -0.1) is 0 Å². The first kappa shape index (κ1) is 17.1. The smallest absolute Gasteiger partial charge is 0.240 e. The van der Waals surface area contributed by atoms with Gasteiger partial charge in [0.25, 0.3) is 0 Å². The highest BCUT2D eigenvalue weighted by molar-refractivity contribution is 5.94. The molecule has 1 aromatic rings. The fraction of sp³-hybridized carbons (Fsp3) is 0.529. The number of rotatable bonds is 6. The predicted octanol–water partition coefficient (Wildman–Crippen LogP) is 1.83. The Morgan fingerprint density at radius 1 is 1.43 bits per heavy atom. The summed E-state index contributed by atoms with van der Waals surface area (Å²) in [5, 5.41) is 4.00. The van der Waals surface area contributed by atoms with E-state index in [2.05, 4.69) is 15.5 Å². The van der Waals surface area contributed by atoms with Crippen molar-refractivity contribution < 1.29 is 9.59 Å². The molecule has 1 atom stereocenters. The van der Waals surface area contributed by atoms with Crippen LogP contribution in [0.3, 0.4) is 0 Å². The van der Waals surface area contributed by atoms with E-state index in [-0.39, 0.29) is 17.9 Å². The molecule has 2 amide bonds. The number of carbonyl (C=O) groups is 2. The van der Waals surface area contributed by atoms with Crippen molar-refractivity contribution >= 4 is 17.5 Å². The number of aromatic nitrogens is 1. The normalized spacial score (nSPS) is 15.6. The maximum atomic E-state index is 12.3. The lowest BCUT2D eigenvalue weighted by Gasteiger charge is -2.25. The summed E-state index contributed by atoms with van der Waals surface area (Å²) in [5.41, 5.74) is 5.52. The van der Waals surface area contributed by atoms with Gasteiger partial charge in [-0.05, 0) is 38.3 Å². The molecule has 1 N–H and O–H groups in total. The molecule has 0 saturated carbocycles. The van der Waals surface area contributed by atoms with Crippen LogP contribution in [0.4, 0.5) is 0 Å². The summed E-state index contributed by atoms with van der Waals surface area (Å²) in [5.74, 6) is 0.0298. The molecule has 2 heterocycles. The summed E-state index contributed by atoms with van der Waals surface area (Å²) in [7, 11) is 1.83. The van der Waals surface area contributed by atoms with Gasteiger partial charge < -0.3 is 4.90 Å². The molecule has 0 bridgehead atoms. The molecule has 0 fully saturated rings. The first-order valence-corrected chi connectivity index (χ1v) is 7.97. The average molecular weight is 316 g/mol. The van der Waals surface area contributed by atoms with E-state index in [9.17, 15) is 9.59 Å². The van der Waals surface area contributed by atoms with Crippen LogP contribution in [-0.2, 0) is 16.0 Å². The number of pyridine rings is 1. The van der Waals surface area contributed by atoms with Crippen LogP contribution < -0.4 is 5.43 Å². The van der Waals surface area contributed by atoms with E-state index in [4.69, 9.17) is 0 Å². The summed E-state index contributed by atoms with van der Waals surface area (Å²) < 4.78 is 0. The Morgan fingerprint density at radius 3 is 2.87 bits per heavy atom. The molecule has 124 valence electrons. The Kier molecular flexibility index (Phi) is 5.84. The maximum Gasteiger partial charge on any atom is 0.240 e. The van der Waals surface area contributed by atoms with Crippen molar-refractivity contribution in [1.82, 2.24) is 15.3 Å². The Bertz CT molecular complexity index is 612. The highest BCUT2D eigenvalue weighted by atomic mass is 16.2. The van der Waals surface area contributed by atoms with Crippen molar-refractivity contribution in [2.45, 2.75) is 52.0 Å². The van der Waals surface area contributed by atoms with Gasteiger partial charge in [0.05, 0.1) is 0 Å². The summed E-state index contributed by atoms with van der Waals surface area (Å²) in [4.78, 5) is 29.5. The Balaban J connectivity index is 1.84. The fourth-order valence-electron chi connectivity index (χ4n) is 2.51. The predicted molar refractivity (Wildman–Crippen MR) is 89.0 cm³/mol. The number of likely N-dealkylation sites (N-methyl/N-ethyl adjacent to an activating group) is 1. The topological polar surface area (TPSA) is 74.7 Å². The number of amides is 2. The highest BCUT2D eigenvalue weighted by Gasteiger charge is 2.19. The van der Waals surface area contributed by atoms with Crippen LogP contribution in [0.2, 0.25) is 0 Å². The Hall–Kier alpha value is -2.24. The quantitative estimate of drug-likeness (QED) is 0.870. The van der Waals surface area contributed by atoms with Gasteiger partial charge >= 0.3 is 0 Å². The average Bonchev–Trinajstić information content (AvgIpc) is 2.55. The number of nitrogens with one attached hydrogen (secondary N) is 1. The molecule has 1 aromatic heterocycles. The first-order valence-electron chi connectivity index (χ1n) is 7.97. The molecule has 0 aliphatic carbocycles. The van der Waals surface area contributed by atoms with Crippen LogP contribution in [0, 0.1) is 6.92 Å². The Morgan fingerprint density at radius 2 is 2.22 bits per heavy atom. The van der Waals surface area contributed by atoms with Crippen molar-refractivity contribution in [3.05, 3.63) is 29.6 Å². The van der Waals surface area contributed by atoms with E-state index in [1.807, 2.05) is 33.0 Å². The minimum atomic E-state index is -0.0588. The van der Waals surface area contributed by atoms with Gasteiger partial charge in [0.2, 0.25) is 11.8 Å². The van der Waals surface area contributed by atoms with Crippen LogP contribution in [0.15, 0.2) is 23.4 Å². The van der Waals surface area contributed by atoms with Crippen molar-refractivity contribution in [3.8, 4) is 0 Å². The molecule has 0 unspecified atom stereocenters. The van der Waals surface area contributed by atoms with E-state index in [1.54, 1.807) is 11.1 Å². The largest absolute Gasteiger partial charge is 0.343 e. The molecule has 6 nitrogen and oxygen atoms in total. The van der Waals surface area contributed by atoms with Crippen LogP contribution in [-0.4, -0.2) is 40.5 Å². The number of hydrogen-bond acceptors (Lipinski definition) is 4. The van der Waals surface area contributed by atoms with Crippen LogP contribution >= 0.6 is 0 Å². The molecular weight excluding hydrogens is 292 g/mol. The van der Waals surface area contributed by atoms with Crippen molar-refractivity contribution in [1.29, 1.82) is 0 Å². The lowest BCUT2D eigenvalue weighted by atomic mass is 10.1. The van der Waals surface area contributed by atoms with E-state index in [0.717, 1.165) is 23.4 Å². The minimum Gasteiger partial charge on any atom is -0.343 e. The number of nitrogens with zero attached hydrogens (tertiary/aromatic N) is 3. The molecule has 0 spiro atoms. The molecule has 23 heavy (non-hydrogen) atoms. The van der Waals surface area contributed by atoms with E-state index in [0.29, 0.717) is 25.7 Å². The fourth-order valence-corrected chi connectivity index (χ4v) is 2.51. The van der Waals surface area contributed by atoms with Crippen molar-refractivity contribution in [2.24, 2.45) is 5.10 Å². The standard InChI is InChI=1S/C17H24N4O2/c1-12-5-4-10-18-15(12)11-13(2)21(3)17(23)9-7-14-6-8-16(22)20-19-14/h4-5,10,13H,6-9,11H2,1-3H3,(H,20,22)/t13-/m0/s1. The van der Waals surface area contributed by atoms with Gasteiger partial charge in [-0.3, -0.25) is 14.6 Å². The minimum absolute atomic E-state index is 0.0588.